The van der Waals surface area contributed by atoms with E-state index in [0.29, 0.717) is 18.3 Å². The van der Waals surface area contributed by atoms with Gasteiger partial charge >= 0.3 is 5.97 Å². The van der Waals surface area contributed by atoms with Crippen molar-refractivity contribution in [2.45, 2.75) is 46.0 Å². The van der Waals surface area contributed by atoms with E-state index in [0.717, 1.165) is 24.2 Å². The maximum atomic E-state index is 11.0. The van der Waals surface area contributed by atoms with Crippen molar-refractivity contribution < 1.29 is 14.6 Å². The fraction of sp³-hybridized carbons (Fsp3) is 0.632. The highest BCUT2D eigenvalue weighted by Crippen LogP contribution is 2.50. The lowest BCUT2D eigenvalue weighted by Gasteiger charge is -2.14. The van der Waals surface area contributed by atoms with E-state index in [4.69, 9.17) is 21.4 Å². The van der Waals surface area contributed by atoms with Gasteiger partial charge in [-0.2, -0.15) is 0 Å². The Hall–Kier alpha value is -1.82. The lowest BCUT2D eigenvalue weighted by Crippen LogP contribution is -2.16. The Morgan fingerprint density at radius 2 is 2.12 bits per heavy atom. The number of carboxylic acid groups (broad SMARTS) is 1. The van der Waals surface area contributed by atoms with Gasteiger partial charge in [-0.3, -0.25) is 4.79 Å². The molecule has 2 aliphatic carbocycles. The molecule has 1 unspecified atom stereocenters. The summed E-state index contributed by atoms with van der Waals surface area (Å²) in [6.07, 6.45) is 10.1. The molecule has 1 aromatic heterocycles. The summed E-state index contributed by atoms with van der Waals surface area (Å²) in [5.74, 6) is 1.81. The van der Waals surface area contributed by atoms with E-state index >= 15 is 0 Å². The standard InChI is InChI=1S/C19H26ClN3O3/c1-3-16(21-18(20)12(2)19(24)25)23-10-8-17(22-23)26-11-9-15(13-4-5-13)14-6-7-14/h3,8,10,12-15H,4-7,9,11H2,1-2H3,(H,24,25)/b16-3+,21-18+. The van der Waals surface area contributed by atoms with Crippen molar-refractivity contribution in [2.75, 3.05) is 6.61 Å². The molecule has 2 fully saturated rings. The summed E-state index contributed by atoms with van der Waals surface area (Å²) >= 11 is 6.00. The maximum Gasteiger partial charge on any atom is 0.313 e. The predicted octanol–water partition coefficient (Wildman–Crippen LogP) is 4.26. The van der Waals surface area contributed by atoms with Gasteiger partial charge in [0.05, 0.1) is 6.61 Å². The van der Waals surface area contributed by atoms with Crippen LogP contribution in [0.4, 0.5) is 0 Å². The maximum absolute atomic E-state index is 11.0. The number of allylic oxidation sites excluding steroid dienone is 1. The summed E-state index contributed by atoms with van der Waals surface area (Å²) in [7, 11) is 0. The van der Waals surface area contributed by atoms with Gasteiger partial charge in [0.25, 0.3) is 0 Å². The Morgan fingerprint density at radius 3 is 2.65 bits per heavy atom. The Morgan fingerprint density at radius 1 is 1.46 bits per heavy atom. The van der Waals surface area contributed by atoms with Crippen LogP contribution in [0.2, 0.25) is 0 Å². The second kappa shape index (κ2) is 8.25. The fourth-order valence-electron chi connectivity index (χ4n) is 3.27. The Balaban J connectivity index is 1.55. The lowest BCUT2D eigenvalue weighted by atomic mass is 9.95. The zero-order valence-electron chi connectivity index (χ0n) is 15.3. The highest BCUT2D eigenvalue weighted by atomic mass is 35.5. The number of carbonyl (C=O) groups is 1. The smallest absolute Gasteiger partial charge is 0.313 e. The molecule has 0 aliphatic heterocycles. The first-order valence-corrected chi connectivity index (χ1v) is 9.69. The van der Waals surface area contributed by atoms with E-state index < -0.39 is 11.9 Å². The van der Waals surface area contributed by atoms with Gasteiger partial charge in [0.1, 0.15) is 11.1 Å². The van der Waals surface area contributed by atoms with E-state index in [1.807, 2.05) is 0 Å². The molecule has 0 saturated heterocycles. The van der Waals surface area contributed by atoms with Crippen molar-refractivity contribution in [3.63, 3.8) is 0 Å². The largest absolute Gasteiger partial charge is 0.481 e. The zero-order valence-corrected chi connectivity index (χ0v) is 16.0. The highest BCUT2D eigenvalue weighted by molar-refractivity contribution is 6.67. The number of carboxylic acids is 1. The second-order valence-electron chi connectivity index (χ2n) is 7.22. The third-order valence-corrected chi connectivity index (χ3v) is 5.57. The molecule has 6 nitrogen and oxygen atoms in total. The summed E-state index contributed by atoms with van der Waals surface area (Å²) in [5, 5.41) is 13.4. The van der Waals surface area contributed by atoms with Gasteiger partial charge in [-0.15, -0.1) is 5.10 Å². The number of aliphatic carboxylic acids is 1. The number of nitrogens with zero attached hydrogens (tertiary/aromatic N) is 3. The molecule has 142 valence electrons. The summed E-state index contributed by atoms with van der Waals surface area (Å²) in [6, 6.07) is 1.79. The van der Waals surface area contributed by atoms with E-state index in [-0.39, 0.29) is 5.17 Å². The van der Waals surface area contributed by atoms with Crippen molar-refractivity contribution in [1.82, 2.24) is 9.78 Å². The predicted molar refractivity (Wildman–Crippen MR) is 101 cm³/mol. The average molecular weight is 380 g/mol. The van der Waals surface area contributed by atoms with Crippen LogP contribution >= 0.6 is 11.6 Å². The minimum absolute atomic E-state index is 0.0141. The lowest BCUT2D eigenvalue weighted by molar-refractivity contribution is -0.138. The van der Waals surface area contributed by atoms with Crippen LogP contribution in [0.3, 0.4) is 0 Å². The van der Waals surface area contributed by atoms with Crippen LogP contribution in [-0.4, -0.2) is 32.6 Å². The van der Waals surface area contributed by atoms with Crippen molar-refractivity contribution in [3.8, 4) is 5.88 Å². The number of ether oxygens (including phenoxy) is 1. The van der Waals surface area contributed by atoms with E-state index in [1.54, 1.807) is 29.9 Å². The number of hydrogen-bond acceptors (Lipinski definition) is 4. The second-order valence-corrected chi connectivity index (χ2v) is 7.60. The van der Waals surface area contributed by atoms with E-state index in [2.05, 4.69) is 10.1 Å². The number of aromatic nitrogens is 2. The first-order chi connectivity index (χ1) is 12.5. The van der Waals surface area contributed by atoms with Gasteiger partial charge < -0.3 is 9.84 Å². The Labute approximate surface area is 158 Å². The first-order valence-electron chi connectivity index (χ1n) is 9.31. The molecule has 26 heavy (non-hydrogen) atoms. The first kappa shape index (κ1) is 19.0. The van der Waals surface area contributed by atoms with Gasteiger partial charge in [0, 0.05) is 12.3 Å². The molecule has 0 radical (unpaired) electrons. The summed E-state index contributed by atoms with van der Waals surface area (Å²) in [4.78, 5) is 15.2. The van der Waals surface area contributed by atoms with Gasteiger partial charge in [0.2, 0.25) is 5.88 Å². The number of aliphatic imine (C=N–C) groups is 1. The molecule has 3 rings (SSSR count). The average Bonchev–Trinajstić information content (AvgIpc) is 3.55. The number of halogens is 1. The van der Waals surface area contributed by atoms with Crippen molar-refractivity contribution in [2.24, 2.45) is 28.7 Å². The molecule has 0 spiro atoms. The monoisotopic (exact) mass is 379 g/mol. The van der Waals surface area contributed by atoms with Crippen LogP contribution in [0.1, 0.15) is 46.0 Å². The van der Waals surface area contributed by atoms with Crippen molar-refractivity contribution in [1.29, 1.82) is 0 Å². The van der Waals surface area contributed by atoms with E-state index in [1.165, 1.54) is 32.6 Å². The number of rotatable bonds is 10. The van der Waals surface area contributed by atoms with Crippen molar-refractivity contribution in [3.05, 3.63) is 18.3 Å². The molecule has 2 saturated carbocycles. The molecule has 1 atom stereocenters. The van der Waals surface area contributed by atoms with Crippen LogP contribution in [0, 0.1) is 23.7 Å². The van der Waals surface area contributed by atoms with Crippen LogP contribution in [0.25, 0.3) is 5.82 Å². The number of hydrogen-bond donors (Lipinski definition) is 1. The fourth-order valence-corrected chi connectivity index (χ4v) is 3.45. The summed E-state index contributed by atoms with van der Waals surface area (Å²) < 4.78 is 7.37. The minimum Gasteiger partial charge on any atom is -0.481 e. The molecule has 2 aliphatic rings. The van der Waals surface area contributed by atoms with Crippen LogP contribution in [0.5, 0.6) is 5.88 Å². The SMILES string of the molecule is C/C=C(\N=C(\Cl)C(C)C(=O)O)n1ccc(OCCC(C2CC2)C2CC2)n1. The quantitative estimate of drug-likeness (QED) is 0.616. The van der Waals surface area contributed by atoms with Crippen LogP contribution < -0.4 is 4.74 Å². The van der Waals surface area contributed by atoms with E-state index in [9.17, 15) is 4.79 Å². The summed E-state index contributed by atoms with van der Waals surface area (Å²) in [5.41, 5.74) is 0. The van der Waals surface area contributed by atoms with Crippen LogP contribution in [0.15, 0.2) is 23.3 Å². The Bertz CT molecular complexity index is 693. The van der Waals surface area contributed by atoms with Gasteiger partial charge in [0.15, 0.2) is 5.82 Å². The normalized spacial score (nSPS) is 19.7. The molecule has 1 heterocycles. The topological polar surface area (TPSA) is 76.7 Å². The molecule has 0 aromatic carbocycles. The zero-order chi connectivity index (χ0) is 18.7. The van der Waals surface area contributed by atoms with Gasteiger partial charge in [-0.1, -0.05) is 11.6 Å². The molecular weight excluding hydrogens is 354 g/mol. The Kier molecular flexibility index (Phi) is 6.01. The third kappa shape index (κ3) is 4.87. The van der Waals surface area contributed by atoms with Crippen LogP contribution in [-0.2, 0) is 4.79 Å². The molecule has 0 amide bonds. The molecule has 7 heteroatoms. The molecule has 1 N–H and O–H groups in total. The third-order valence-electron chi connectivity index (χ3n) is 5.16. The molecule has 1 aromatic rings. The van der Waals surface area contributed by atoms with Crippen molar-refractivity contribution >= 4 is 28.6 Å². The van der Waals surface area contributed by atoms with Gasteiger partial charge in [-0.05, 0) is 69.8 Å². The van der Waals surface area contributed by atoms with Gasteiger partial charge in [-0.25, -0.2) is 9.67 Å². The molecule has 0 bridgehead atoms. The molecular formula is C19H26ClN3O3. The summed E-state index contributed by atoms with van der Waals surface area (Å²) in [6.45, 7) is 3.97. The highest BCUT2D eigenvalue weighted by Gasteiger charge is 2.40. The minimum atomic E-state index is -1.01.